The molecule has 0 bridgehead atoms. The summed E-state index contributed by atoms with van der Waals surface area (Å²) in [4.78, 5) is 9.77. The highest BCUT2D eigenvalue weighted by Gasteiger charge is 2.15. The largest absolute Gasteiger partial charge is 0.340 e. The Morgan fingerprint density at radius 1 is 0.885 bits per heavy atom. The number of nitrogens with zero attached hydrogens (tertiary/aromatic N) is 2. The van der Waals surface area contributed by atoms with Gasteiger partial charge >= 0.3 is 0 Å². The van der Waals surface area contributed by atoms with Gasteiger partial charge in [0.2, 0.25) is 5.28 Å². The summed E-state index contributed by atoms with van der Waals surface area (Å²) in [6.07, 6.45) is 0. The molecule has 0 spiro atoms. The molecule has 3 nitrogen and oxygen atoms in total. The number of nitrogens with one attached hydrogen (secondary N) is 1. The molecule has 0 saturated carbocycles. The van der Waals surface area contributed by atoms with Crippen molar-refractivity contribution in [1.82, 2.24) is 9.97 Å². The van der Waals surface area contributed by atoms with E-state index in [0.717, 1.165) is 32.8 Å². The standard InChI is InChI=1S/C21H18ClN3S/c1-12-4-6-15(7-5-12)17-11-26-20-18(17)19(24-21(22)25-20)23-16-9-13(2)8-14(3)10-16/h4-11H,1-3H3,(H,23,24,25). The van der Waals surface area contributed by atoms with Gasteiger partial charge in [0, 0.05) is 16.6 Å². The molecule has 0 aliphatic heterocycles. The second kappa shape index (κ2) is 6.71. The molecule has 0 unspecified atom stereocenters. The third-order valence-electron chi connectivity index (χ3n) is 4.25. The van der Waals surface area contributed by atoms with E-state index in [1.54, 1.807) is 11.3 Å². The molecule has 0 radical (unpaired) electrons. The van der Waals surface area contributed by atoms with E-state index in [4.69, 9.17) is 11.6 Å². The average Bonchev–Trinajstić information content (AvgIpc) is 2.98. The van der Waals surface area contributed by atoms with Crippen LogP contribution in [-0.4, -0.2) is 9.97 Å². The van der Waals surface area contributed by atoms with Crippen molar-refractivity contribution in [1.29, 1.82) is 0 Å². The van der Waals surface area contributed by atoms with E-state index >= 15 is 0 Å². The van der Waals surface area contributed by atoms with E-state index in [2.05, 4.69) is 83.9 Å². The minimum atomic E-state index is 0.252. The second-order valence-electron chi connectivity index (χ2n) is 6.54. The van der Waals surface area contributed by atoms with Crippen molar-refractivity contribution >= 4 is 44.7 Å². The minimum Gasteiger partial charge on any atom is -0.340 e. The van der Waals surface area contributed by atoms with Crippen molar-refractivity contribution < 1.29 is 0 Å². The summed E-state index contributed by atoms with van der Waals surface area (Å²) in [6.45, 7) is 6.26. The Hall–Kier alpha value is -2.43. The van der Waals surface area contributed by atoms with Crippen molar-refractivity contribution in [2.24, 2.45) is 0 Å². The summed E-state index contributed by atoms with van der Waals surface area (Å²) in [7, 11) is 0. The maximum absolute atomic E-state index is 6.17. The zero-order valence-corrected chi connectivity index (χ0v) is 16.4. The Balaban J connectivity index is 1.88. The van der Waals surface area contributed by atoms with Gasteiger partial charge in [0.1, 0.15) is 10.6 Å². The number of hydrogen-bond acceptors (Lipinski definition) is 4. The highest BCUT2D eigenvalue weighted by molar-refractivity contribution is 7.17. The van der Waals surface area contributed by atoms with Crippen LogP contribution in [0.1, 0.15) is 16.7 Å². The SMILES string of the molecule is Cc1ccc(-c2csc3nc(Cl)nc(Nc4cc(C)cc(C)c4)c23)cc1. The van der Waals surface area contributed by atoms with E-state index in [-0.39, 0.29) is 5.28 Å². The van der Waals surface area contributed by atoms with Gasteiger partial charge in [-0.15, -0.1) is 11.3 Å². The maximum Gasteiger partial charge on any atom is 0.225 e. The zero-order chi connectivity index (χ0) is 18.3. The molecular weight excluding hydrogens is 362 g/mol. The number of benzene rings is 2. The van der Waals surface area contributed by atoms with Gasteiger partial charge in [-0.05, 0) is 61.2 Å². The number of anilines is 2. The molecule has 0 atom stereocenters. The van der Waals surface area contributed by atoms with Crippen LogP contribution in [0.3, 0.4) is 0 Å². The van der Waals surface area contributed by atoms with Gasteiger partial charge in [-0.25, -0.2) is 4.98 Å². The van der Waals surface area contributed by atoms with Crippen LogP contribution in [0, 0.1) is 20.8 Å². The molecule has 130 valence electrons. The molecule has 2 aromatic carbocycles. The molecule has 4 aromatic rings. The van der Waals surface area contributed by atoms with Crippen LogP contribution in [0.5, 0.6) is 0 Å². The summed E-state index contributed by atoms with van der Waals surface area (Å²) in [5.74, 6) is 0.738. The van der Waals surface area contributed by atoms with Gasteiger partial charge in [0.15, 0.2) is 0 Å². The minimum absolute atomic E-state index is 0.252. The molecule has 0 fully saturated rings. The lowest BCUT2D eigenvalue weighted by molar-refractivity contribution is 1.23. The van der Waals surface area contributed by atoms with Gasteiger partial charge in [0.25, 0.3) is 0 Å². The number of aromatic nitrogens is 2. The molecule has 2 heterocycles. The number of thiophene rings is 1. The molecule has 1 N–H and O–H groups in total. The number of hydrogen-bond donors (Lipinski definition) is 1. The van der Waals surface area contributed by atoms with Crippen molar-refractivity contribution in [2.45, 2.75) is 20.8 Å². The van der Waals surface area contributed by atoms with Crippen LogP contribution in [0.2, 0.25) is 5.28 Å². The summed E-state index contributed by atoms with van der Waals surface area (Å²) in [5.41, 5.74) is 6.91. The number of aryl methyl sites for hydroxylation is 3. The molecule has 0 saturated heterocycles. The second-order valence-corrected chi connectivity index (χ2v) is 7.73. The first-order valence-electron chi connectivity index (χ1n) is 8.37. The quantitative estimate of drug-likeness (QED) is 0.403. The number of fused-ring (bicyclic) bond motifs is 1. The third kappa shape index (κ3) is 3.30. The first-order valence-corrected chi connectivity index (χ1v) is 9.62. The highest BCUT2D eigenvalue weighted by Crippen LogP contribution is 2.38. The zero-order valence-electron chi connectivity index (χ0n) is 14.8. The lowest BCUT2D eigenvalue weighted by Gasteiger charge is -2.11. The summed E-state index contributed by atoms with van der Waals surface area (Å²) < 4.78 is 0. The predicted octanol–water partition coefficient (Wildman–Crippen LogP) is 6.68. The Morgan fingerprint density at radius 3 is 2.27 bits per heavy atom. The summed E-state index contributed by atoms with van der Waals surface area (Å²) >= 11 is 7.76. The predicted molar refractivity (Wildman–Crippen MR) is 112 cm³/mol. The van der Waals surface area contributed by atoms with Crippen LogP contribution in [0.25, 0.3) is 21.3 Å². The third-order valence-corrected chi connectivity index (χ3v) is 5.29. The summed E-state index contributed by atoms with van der Waals surface area (Å²) in [6, 6.07) is 14.9. The molecule has 0 amide bonds. The Kier molecular flexibility index (Phi) is 4.39. The summed E-state index contributed by atoms with van der Waals surface area (Å²) in [5, 5.41) is 6.82. The van der Waals surface area contributed by atoms with E-state index in [9.17, 15) is 0 Å². The topological polar surface area (TPSA) is 37.8 Å². The van der Waals surface area contributed by atoms with Gasteiger partial charge in [0.05, 0.1) is 5.39 Å². The average molecular weight is 380 g/mol. The van der Waals surface area contributed by atoms with Gasteiger partial charge in [-0.3, -0.25) is 0 Å². The Labute approximate surface area is 161 Å². The van der Waals surface area contributed by atoms with Crippen LogP contribution in [0.4, 0.5) is 11.5 Å². The van der Waals surface area contributed by atoms with Crippen molar-refractivity contribution in [3.8, 4) is 11.1 Å². The van der Waals surface area contributed by atoms with Crippen LogP contribution < -0.4 is 5.32 Å². The molecule has 26 heavy (non-hydrogen) atoms. The van der Waals surface area contributed by atoms with E-state index in [0.29, 0.717) is 0 Å². The fourth-order valence-electron chi connectivity index (χ4n) is 3.14. The Bertz CT molecular complexity index is 1080. The fourth-order valence-corrected chi connectivity index (χ4v) is 4.30. The lowest BCUT2D eigenvalue weighted by atomic mass is 10.0. The lowest BCUT2D eigenvalue weighted by Crippen LogP contribution is -1.97. The van der Waals surface area contributed by atoms with Crippen LogP contribution >= 0.6 is 22.9 Å². The Morgan fingerprint density at radius 2 is 1.58 bits per heavy atom. The molecular formula is C21H18ClN3S. The molecule has 2 aromatic heterocycles. The normalized spacial score (nSPS) is 11.1. The van der Waals surface area contributed by atoms with Crippen molar-refractivity contribution in [3.63, 3.8) is 0 Å². The molecule has 5 heteroatoms. The maximum atomic E-state index is 6.17. The van der Waals surface area contributed by atoms with Gasteiger partial charge < -0.3 is 5.32 Å². The molecule has 4 rings (SSSR count). The van der Waals surface area contributed by atoms with Crippen molar-refractivity contribution in [3.05, 3.63) is 69.8 Å². The van der Waals surface area contributed by atoms with E-state index in [1.807, 2.05) is 0 Å². The van der Waals surface area contributed by atoms with Crippen molar-refractivity contribution in [2.75, 3.05) is 5.32 Å². The van der Waals surface area contributed by atoms with E-state index in [1.165, 1.54) is 16.7 Å². The highest BCUT2D eigenvalue weighted by atomic mass is 35.5. The smallest absolute Gasteiger partial charge is 0.225 e. The van der Waals surface area contributed by atoms with Gasteiger partial charge in [-0.1, -0.05) is 35.9 Å². The first kappa shape index (κ1) is 17.0. The first-order chi connectivity index (χ1) is 12.5. The van der Waals surface area contributed by atoms with E-state index < -0.39 is 0 Å². The molecule has 0 aliphatic carbocycles. The number of halogens is 1. The fraction of sp³-hybridized carbons (Fsp3) is 0.143. The number of rotatable bonds is 3. The van der Waals surface area contributed by atoms with Crippen LogP contribution in [-0.2, 0) is 0 Å². The van der Waals surface area contributed by atoms with Crippen LogP contribution in [0.15, 0.2) is 47.8 Å². The van der Waals surface area contributed by atoms with Gasteiger partial charge in [-0.2, -0.15) is 4.98 Å². The monoisotopic (exact) mass is 379 g/mol. The molecule has 0 aliphatic rings.